The third-order valence-electron chi connectivity index (χ3n) is 7.72. The zero-order valence-electron chi connectivity index (χ0n) is 23.1. The number of likely N-dealkylation sites (tertiary alicyclic amines) is 1. The molecule has 38 heavy (non-hydrogen) atoms. The van der Waals surface area contributed by atoms with Gasteiger partial charge >= 0.3 is 0 Å². The summed E-state index contributed by atoms with van der Waals surface area (Å²) in [5.74, 6) is -2.29. The number of rotatable bonds is 15. The molecule has 0 bridgehead atoms. The quantitative estimate of drug-likeness (QED) is 0.297. The fraction of sp³-hybridized carbons (Fsp3) is 0.724. The lowest BCUT2D eigenvalue weighted by molar-refractivity contribution is -0.130. The average molecular weight is 538 g/mol. The van der Waals surface area contributed by atoms with Gasteiger partial charge in [-0.15, -0.1) is 0 Å². The summed E-state index contributed by atoms with van der Waals surface area (Å²) in [6, 6.07) is 2.22. The number of carbonyl (C=O) groups excluding carboxylic acids is 2. The summed E-state index contributed by atoms with van der Waals surface area (Å²) in [4.78, 5) is 28.0. The van der Waals surface area contributed by atoms with Crippen LogP contribution in [0.1, 0.15) is 77.7 Å². The van der Waals surface area contributed by atoms with E-state index in [1.165, 1.54) is 12.1 Å². The van der Waals surface area contributed by atoms with Crippen molar-refractivity contribution in [2.45, 2.75) is 109 Å². The van der Waals surface area contributed by atoms with Crippen molar-refractivity contribution < 1.29 is 28.2 Å². The van der Waals surface area contributed by atoms with E-state index < -0.39 is 29.7 Å². The normalized spacial score (nSPS) is 23.3. The Bertz CT molecular complexity index is 892. The first kappa shape index (κ1) is 30.4. The molecule has 2 heterocycles. The second kappa shape index (κ2) is 14.9. The summed E-state index contributed by atoms with van der Waals surface area (Å²) in [5, 5.41) is 17.6. The van der Waals surface area contributed by atoms with Gasteiger partial charge in [0.25, 0.3) is 0 Å². The SMILES string of the molecule is CCCCO[C@H]1CN[C@@H]([C@@H](O)[C@H](Cc2cc(F)cc(F)c2)NC(=O)C2CC(=O)N(C(CCC)CCC)C2)C1. The van der Waals surface area contributed by atoms with Gasteiger partial charge in [-0.3, -0.25) is 9.59 Å². The zero-order valence-corrected chi connectivity index (χ0v) is 23.1. The van der Waals surface area contributed by atoms with Gasteiger partial charge in [-0.05, 0) is 49.8 Å². The Kier molecular flexibility index (Phi) is 11.9. The van der Waals surface area contributed by atoms with Crippen molar-refractivity contribution in [3.63, 3.8) is 0 Å². The van der Waals surface area contributed by atoms with Crippen LogP contribution < -0.4 is 10.6 Å². The van der Waals surface area contributed by atoms with Crippen molar-refractivity contribution in [3.8, 4) is 0 Å². The summed E-state index contributed by atoms with van der Waals surface area (Å²) in [6.45, 7) is 7.86. The number of carbonyl (C=O) groups is 2. The molecule has 3 rings (SSSR count). The van der Waals surface area contributed by atoms with Crippen molar-refractivity contribution >= 4 is 11.8 Å². The molecule has 7 nitrogen and oxygen atoms in total. The van der Waals surface area contributed by atoms with Gasteiger partial charge in [0.2, 0.25) is 11.8 Å². The molecular formula is C29H45F2N3O4. The number of amides is 2. The number of aliphatic hydroxyl groups excluding tert-OH is 1. The van der Waals surface area contributed by atoms with E-state index in [2.05, 4.69) is 31.4 Å². The topological polar surface area (TPSA) is 90.9 Å². The van der Waals surface area contributed by atoms with Crippen molar-refractivity contribution in [2.75, 3.05) is 19.7 Å². The maximum Gasteiger partial charge on any atom is 0.225 e. The van der Waals surface area contributed by atoms with Gasteiger partial charge in [0.1, 0.15) is 11.6 Å². The van der Waals surface area contributed by atoms with Crippen LogP contribution in [0, 0.1) is 17.6 Å². The van der Waals surface area contributed by atoms with Crippen LogP contribution in [0.2, 0.25) is 0 Å². The molecule has 0 radical (unpaired) electrons. The number of hydrogen-bond donors (Lipinski definition) is 3. The predicted octanol–water partition coefficient (Wildman–Crippen LogP) is 3.72. The van der Waals surface area contributed by atoms with Crippen LogP contribution in [0.15, 0.2) is 18.2 Å². The number of halogens is 2. The lowest BCUT2D eigenvalue weighted by Gasteiger charge is -2.30. The molecule has 0 spiro atoms. The zero-order chi connectivity index (χ0) is 27.7. The lowest BCUT2D eigenvalue weighted by atomic mass is 9.94. The summed E-state index contributed by atoms with van der Waals surface area (Å²) in [7, 11) is 0. The number of benzene rings is 1. The number of nitrogens with zero attached hydrogens (tertiary/aromatic N) is 1. The lowest BCUT2D eigenvalue weighted by Crippen LogP contribution is -2.53. The molecule has 1 unspecified atom stereocenters. The van der Waals surface area contributed by atoms with Gasteiger partial charge in [-0.1, -0.05) is 40.0 Å². The number of aliphatic hydroxyl groups is 1. The Labute approximate surface area is 225 Å². The fourth-order valence-electron chi connectivity index (χ4n) is 5.72. The van der Waals surface area contributed by atoms with E-state index in [0.29, 0.717) is 31.7 Å². The van der Waals surface area contributed by atoms with E-state index in [1.807, 2.05) is 4.90 Å². The average Bonchev–Trinajstić information content (AvgIpc) is 3.49. The molecule has 0 aliphatic carbocycles. The Hall–Kier alpha value is -2.10. The minimum absolute atomic E-state index is 0.0223. The van der Waals surface area contributed by atoms with Crippen LogP contribution in [-0.4, -0.2) is 71.9 Å². The van der Waals surface area contributed by atoms with Crippen molar-refractivity contribution in [1.29, 1.82) is 0 Å². The third kappa shape index (κ3) is 8.45. The van der Waals surface area contributed by atoms with Crippen LogP contribution in [0.4, 0.5) is 8.78 Å². The van der Waals surface area contributed by atoms with Gasteiger partial charge in [-0.25, -0.2) is 8.78 Å². The molecule has 2 saturated heterocycles. The maximum atomic E-state index is 13.9. The molecule has 214 valence electrons. The van der Waals surface area contributed by atoms with E-state index in [0.717, 1.165) is 44.6 Å². The molecule has 2 amide bonds. The largest absolute Gasteiger partial charge is 0.389 e. The smallest absolute Gasteiger partial charge is 0.225 e. The third-order valence-corrected chi connectivity index (χ3v) is 7.72. The molecule has 1 aromatic carbocycles. The maximum absolute atomic E-state index is 13.9. The van der Waals surface area contributed by atoms with Crippen LogP contribution in [0.25, 0.3) is 0 Å². The molecule has 0 saturated carbocycles. The van der Waals surface area contributed by atoms with Gasteiger partial charge in [0, 0.05) is 44.3 Å². The molecule has 9 heteroatoms. The summed E-state index contributed by atoms with van der Waals surface area (Å²) < 4.78 is 33.7. The number of hydrogen-bond acceptors (Lipinski definition) is 5. The van der Waals surface area contributed by atoms with Gasteiger partial charge in [0.05, 0.1) is 24.2 Å². The molecular weight excluding hydrogens is 492 g/mol. The molecule has 2 aliphatic rings. The Morgan fingerprint density at radius 2 is 1.84 bits per heavy atom. The molecule has 1 aromatic rings. The minimum Gasteiger partial charge on any atom is -0.389 e. The van der Waals surface area contributed by atoms with Crippen LogP contribution >= 0.6 is 0 Å². The highest BCUT2D eigenvalue weighted by molar-refractivity contribution is 5.89. The van der Waals surface area contributed by atoms with Crippen molar-refractivity contribution in [1.82, 2.24) is 15.5 Å². The van der Waals surface area contributed by atoms with Gasteiger partial charge in [-0.2, -0.15) is 0 Å². The molecule has 5 atom stereocenters. The van der Waals surface area contributed by atoms with Gasteiger partial charge < -0.3 is 25.4 Å². The van der Waals surface area contributed by atoms with E-state index in [4.69, 9.17) is 4.74 Å². The van der Waals surface area contributed by atoms with Crippen molar-refractivity contribution in [2.24, 2.45) is 5.92 Å². The first-order valence-corrected chi connectivity index (χ1v) is 14.3. The Morgan fingerprint density at radius 3 is 2.47 bits per heavy atom. The second-order valence-corrected chi connectivity index (χ2v) is 10.9. The van der Waals surface area contributed by atoms with Gasteiger partial charge in [0.15, 0.2) is 0 Å². The summed E-state index contributed by atoms with van der Waals surface area (Å²) in [5.41, 5.74) is 0.343. The van der Waals surface area contributed by atoms with E-state index in [1.54, 1.807) is 0 Å². The van der Waals surface area contributed by atoms with E-state index in [9.17, 15) is 23.5 Å². The Balaban J connectivity index is 1.71. The molecule has 3 N–H and O–H groups in total. The minimum atomic E-state index is -1.01. The molecule has 2 aliphatic heterocycles. The number of unbranched alkanes of at least 4 members (excludes halogenated alkanes) is 1. The van der Waals surface area contributed by atoms with Crippen LogP contribution in [0.3, 0.4) is 0 Å². The highest BCUT2D eigenvalue weighted by Gasteiger charge is 2.40. The Morgan fingerprint density at radius 1 is 1.16 bits per heavy atom. The number of nitrogens with one attached hydrogen (secondary N) is 2. The second-order valence-electron chi connectivity index (χ2n) is 10.9. The highest BCUT2D eigenvalue weighted by Crippen LogP contribution is 2.26. The summed E-state index contributed by atoms with van der Waals surface area (Å²) >= 11 is 0. The molecule has 0 aromatic heterocycles. The number of ether oxygens (including phenoxy) is 1. The van der Waals surface area contributed by atoms with Crippen LogP contribution in [0.5, 0.6) is 0 Å². The first-order valence-electron chi connectivity index (χ1n) is 14.3. The van der Waals surface area contributed by atoms with E-state index in [-0.39, 0.29) is 42.8 Å². The van der Waals surface area contributed by atoms with Crippen LogP contribution in [-0.2, 0) is 20.7 Å². The standard InChI is InChI=1S/C29H45F2N3O4/c1-4-7-10-38-24-16-25(32-17-24)28(36)26(13-19-11-21(30)15-22(31)12-19)33-29(37)20-14-27(35)34(18-20)23(8-5-2)9-6-3/h11-12,15,20,23-26,28,32,36H,4-10,13-14,16-18H2,1-3H3,(H,33,37)/t20?,24-,25-,26+,28-/m1/s1. The first-order chi connectivity index (χ1) is 18.2. The summed E-state index contributed by atoms with van der Waals surface area (Å²) in [6.07, 6.45) is 5.41. The van der Waals surface area contributed by atoms with Crippen molar-refractivity contribution in [3.05, 3.63) is 35.4 Å². The fourth-order valence-corrected chi connectivity index (χ4v) is 5.72. The monoisotopic (exact) mass is 537 g/mol. The highest BCUT2D eigenvalue weighted by atomic mass is 19.1. The predicted molar refractivity (Wildman–Crippen MR) is 142 cm³/mol. The van der Waals surface area contributed by atoms with E-state index >= 15 is 0 Å². The molecule has 2 fully saturated rings.